The lowest BCUT2D eigenvalue weighted by molar-refractivity contribution is -0.137. The molecule has 4 rings (SSSR count). The normalized spacial score (nSPS) is 19.0. The average molecular weight is 519 g/mol. The van der Waals surface area contributed by atoms with Crippen molar-refractivity contribution in [2.24, 2.45) is 0 Å². The van der Waals surface area contributed by atoms with Gasteiger partial charge in [0.05, 0.1) is 18.7 Å². The lowest BCUT2D eigenvalue weighted by Gasteiger charge is -2.38. The first kappa shape index (κ1) is 26.8. The van der Waals surface area contributed by atoms with Crippen molar-refractivity contribution in [3.8, 4) is 5.75 Å². The van der Waals surface area contributed by atoms with E-state index in [0.29, 0.717) is 12.6 Å². The summed E-state index contributed by atoms with van der Waals surface area (Å²) in [5.41, 5.74) is 0.134. The number of piperidine rings is 1. The number of likely N-dealkylation sites (tertiary alicyclic amines) is 1. The van der Waals surface area contributed by atoms with Gasteiger partial charge >= 0.3 is 6.18 Å². The first-order valence-electron chi connectivity index (χ1n) is 12.7. The number of ether oxygens (including phenoxy) is 1. The van der Waals surface area contributed by atoms with E-state index in [-0.39, 0.29) is 24.1 Å². The van der Waals surface area contributed by atoms with E-state index in [1.807, 2.05) is 19.1 Å². The van der Waals surface area contributed by atoms with Crippen LogP contribution in [0.4, 0.5) is 18.9 Å². The summed E-state index contributed by atoms with van der Waals surface area (Å²) in [7, 11) is 0. The minimum atomic E-state index is -4.53. The van der Waals surface area contributed by atoms with Gasteiger partial charge in [-0.15, -0.1) is 0 Å². The van der Waals surface area contributed by atoms with Crippen molar-refractivity contribution in [2.45, 2.75) is 44.4 Å². The van der Waals surface area contributed by atoms with Gasteiger partial charge in [-0.05, 0) is 56.5 Å². The van der Waals surface area contributed by atoms with Crippen LogP contribution in [0.1, 0.15) is 42.1 Å². The summed E-state index contributed by atoms with van der Waals surface area (Å²) in [4.78, 5) is 29.4. The molecule has 10 heteroatoms. The van der Waals surface area contributed by atoms with Gasteiger partial charge in [-0.3, -0.25) is 14.5 Å². The van der Waals surface area contributed by atoms with Gasteiger partial charge in [0.15, 0.2) is 0 Å². The number of carbonyl (C=O) groups excluding carboxylic acids is 2. The lowest BCUT2D eigenvalue weighted by Crippen LogP contribution is -2.46. The molecule has 2 aliphatic heterocycles. The van der Waals surface area contributed by atoms with Crippen molar-refractivity contribution in [1.82, 2.24) is 15.5 Å². The first-order chi connectivity index (χ1) is 17.7. The summed E-state index contributed by atoms with van der Waals surface area (Å²) < 4.78 is 44.2. The quantitative estimate of drug-likeness (QED) is 0.558. The molecule has 0 aliphatic carbocycles. The summed E-state index contributed by atoms with van der Waals surface area (Å²) in [5, 5.41) is 5.36. The second-order valence-corrected chi connectivity index (χ2v) is 9.46. The summed E-state index contributed by atoms with van der Waals surface area (Å²) in [6.07, 6.45) is -1.64. The van der Waals surface area contributed by atoms with Crippen molar-refractivity contribution in [3.05, 3.63) is 59.7 Å². The van der Waals surface area contributed by atoms with Crippen LogP contribution in [0.15, 0.2) is 48.5 Å². The third-order valence-electron chi connectivity index (χ3n) is 6.92. The van der Waals surface area contributed by atoms with Gasteiger partial charge < -0.3 is 20.3 Å². The minimum Gasteiger partial charge on any atom is -0.494 e. The fraction of sp³-hybridized carbons (Fsp3) is 0.481. The number of hydrogen-bond acceptors (Lipinski definition) is 5. The fourth-order valence-electron chi connectivity index (χ4n) is 5.04. The zero-order valence-electron chi connectivity index (χ0n) is 20.9. The van der Waals surface area contributed by atoms with Crippen molar-refractivity contribution >= 4 is 17.5 Å². The fourth-order valence-corrected chi connectivity index (χ4v) is 5.04. The molecule has 1 atom stereocenters. The Hall–Kier alpha value is -3.27. The largest absolute Gasteiger partial charge is 0.494 e. The van der Waals surface area contributed by atoms with Gasteiger partial charge in [0.1, 0.15) is 5.75 Å². The van der Waals surface area contributed by atoms with Gasteiger partial charge in [-0.1, -0.05) is 12.1 Å². The third kappa shape index (κ3) is 7.15. The molecular weight excluding hydrogens is 485 g/mol. The Bertz CT molecular complexity index is 1090. The Labute approximate surface area is 215 Å². The van der Waals surface area contributed by atoms with Gasteiger partial charge in [-0.2, -0.15) is 13.2 Å². The number of nitrogens with zero attached hydrogens (tertiary/aromatic N) is 2. The number of carbonyl (C=O) groups is 2. The van der Waals surface area contributed by atoms with E-state index in [1.165, 1.54) is 17.8 Å². The summed E-state index contributed by atoms with van der Waals surface area (Å²) in [6.45, 7) is 5.88. The predicted octanol–water partition coefficient (Wildman–Crippen LogP) is 3.69. The van der Waals surface area contributed by atoms with Crippen LogP contribution < -0.4 is 20.3 Å². The number of amides is 2. The summed E-state index contributed by atoms with van der Waals surface area (Å²) >= 11 is 0. The van der Waals surface area contributed by atoms with Crippen molar-refractivity contribution in [1.29, 1.82) is 0 Å². The number of rotatable bonds is 8. The maximum atomic E-state index is 12.9. The maximum Gasteiger partial charge on any atom is 0.416 e. The first-order valence-corrected chi connectivity index (χ1v) is 12.7. The molecule has 0 saturated carbocycles. The second kappa shape index (κ2) is 11.9. The number of halogens is 3. The molecule has 7 nitrogen and oxygen atoms in total. The molecule has 2 aliphatic rings. The van der Waals surface area contributed by atoms with Gasteiger partial charge in [-0.25, -0.2) is 0 Å². The van der Waals surface area contributed by atoms with Crippen molar-refractivity contribution < 1.29 is 27.5 Å². The monoisotopic (exact) mass is 518 g/mol. The smallest absolute Gasteiger partial charge is 0.416 e. The predicted molar refractivity (Wildman–Crippen MR) is 135 cm³/mol. The maximum absolute atomic E-state index is 12.9. The van der Waals surface area contributed by atoms with Crippen LogP contribution in [-0.4, -0.2) is 68.1 Å². The third-order valence-corrected chi connectivity index (χ3v) is 6.92. The highest BCUT2D eigenvalue weighted by Crippen LogP contribution is 2.30. The Morgan fingerprint density at radius 2 is 1.78 bits per heavy atom. The van der Waals surface area contributed by atoms with Gasteiger partial charge in [0, 0.05) is 55.6 Å². The molecular formula is C27H33F3N4O3. The molecule has 200 valence electrons. The number of alkyl halides is 3. The molecule has 37 heavy (non-hydrogen) atoms. The van der Waals surface area contributed by atoms with Gasteiger partial charge in [0.25, 0.3) is 5.91 Å². The van der Waals surface area contributed by atoms with Crippen LogP contribution in [0.25, 0.3) is 0 Å². The SMILES string of the molecule is CCOc1cccc(N2CCC(N3CC[C@@H](NC(=O)CNC(=O)c4cccc(C(F)(F)F)c4)C3)CC2)c1. The summed E-state index contributed by atoms with van der Waals surface area (Å²) in [6, 6.07) is 12.8. The Kier molecular flexibility index (Phi) is 8.58. The number of benzene rings is 2. The highest BCUT2D eigenvalue weighted by atomic mass is 19.4. The Balaban J connectivity index is 1.19. The average Bonchev–Trinajstić information content (AvgIpc) is 3.36. The highest BCUT2D eigenvalue weighted by molar-refractivity contribution is 5.96. The molecule has 2 amide bonds. The molecule has 0 aromatic heterocycles. The van der Waals surface area contributed by atoms with Gasteiger partial charge in [0.2, 0.25) is 5.91 Å². The zero-order valence-corrected chi connectivity index (χ0v) is 20.9. The standard InChI is InChI=1S/C27H33F3N4O3/c1-2-37-24-8-4-7-23(16-24)33-13-10-22(11-14-33)34-12-9-21(18-34)32-25(35)17-31-26(36)19-5-3-6-20(15-19)27(28,29)30/h3-8,15-16,21-22H,2,9-14,17-18H2,1H3,(H,31,36)(H,32,35)/t21-/m1/s1. The van der Waals surface area contributed by atoms with Crippen LogP contribution in [0.5, 0.6) is 5.75 Å². The van der Waals surface area contributed by atoms with Crippen LogP contribution >= 0.6 is 0 Å². The van der Waals surface area contributed by atoms with Crippen LogP contribution in [0, 0.1) is 0 Å². The number of hydrogen-bond donors (Lipinski definition) is 2. The topological polar surface area (TPSA) is 73.9 Å². The highest BCUT2D eigenvalue weighted by Gasteiger charge is 2.32. The Morgan fingerprint density at radius 1 is 1.03 bits per heavy atom. The number of anilines is 1. The van der Waals surface area contributed by atoms with E-state index >= 15 is 0 Å². The molecule has 2 aromatic carbocycles. The van der Waals surface area contributed by atoms with Crippen LogP contribution in [-0.2, 0) is 11.0 Å². The molecule has 2 heterocycles. The van der Waals surface area contributed by atoms with E-state index < -0.39 is 17.6 Å². The van der Waals surface area contributed by atoms with E-state index in [9.17, 15) is 22.8 Å². The Morgan fingerprint density at radius 3 is 2.51 bits per heavy atom. The van der Waals surface area contributed by atoms with Crippen molar-refractivity contribution in [2.75, 3.05) is 44.2 Å². The summed E-state index contributed by atoms with van der Waals surface area (Å²) in [5.74, 6) is -0.185. The molecule has 2 fully saturated rings. The molecule has 2 saturated heterocycles. The van der Waals surface area contributed by atoms with Crippen molar-refractivity contribution in [3.63, 3.8) is 0 Å². The lowest BCUT2D eigenvalue weighted by atomic mass is 10.0. The zero-order chi connectivity index (χ0) is 26.4. The van der Waals surface area contributed by atoms with Crippen LogP contribution in [0.3, 0.4) is 0 Å². The van der Waals surface area contributed by atoms with E-state index in [4.69, 9.17) is 4.74 Å². The second-order valence-electron chi connectivity index (χ2n) is 9.46. The minimum absolute atomic E-state index is 0.0149. The van der Waals surface area contributed by atoms with Crippen LogP contribution in [0.2, 0.25) is 0 Å². The molecule has 0 unspecified atom stereocenters. The number of nitrogens with one attached hydrogen (secondary N) is 2. The molecule has 2 aromatic rings. The van der Waals surface area contributed by atoms with E-state index in [2.05, 4.69) is 32.6 Å². The molecule has 0 spiro atoms. The molecule has 0 bridgehead atoms. The molecule has 0 radical (unpaired) electrons. The molecule has 2 N–H and O–H groups in total. The van der Waals surface area contributed by atoms with E-state index in [1.54, 1.807) is 0 Å². The van der Waals surface area contributed by atoms with E-state index in [0.717, 1.165) is 63.3 Å².